The zero-order valence-electron chi connectivity index (χ0n) is 12.5. The third kappa shape index (κ3) is 3.62. The SMILES string of the molecule is Cc1csc(CNC[C@]2(O)CCCN(CC3CC3)C2=O)n1. The van der Waals surface area contributed by atoms with Crippen LogP contribution in [0.3, 0.4) is 0 Å². The average Bonchev–Trinajstić information content (AvgIpc) is 3.17. The number of carbonyl (C=O) groups excluding carboxylic acids is 1. The van der Waals surface area contributed by atoms with Crippen LogP contribution >= 0.6 is 11.3 Å². The lowest BCUT2D eigenvalue weighted by Crippen LogP contribution is -2.58. The summed E-state index contributed by atoms with van der Waals surface area (Å²) in [5.41, 5.74) is -0.223. The molecule has 1 saturated heterocycles. The lowest BCUT2D eigenvalue weighted by atomic mass is 9.91. The van der Waals surface area contributed by atoms with Crippen LogP contribution in [-0.2, 0) is 11.3 Å². The van der Waals surface area contributed by atoms with E-state index >= 15 is 0 Å². The van der Waals surface area contributed by atoms with Gasteiger partial charge >= 0.3 is 0 Å². The first-order valence-corrected chi connectivity index (χ1v) is 8.58. The highest BCUT2D eigenvalue weighted by Crippen LogP contribution is 2.32. The molecule has 0 unspecified atom stereocenters. The molecule has 5 nitrogen and oxygen atoms in total. The van der Waals surface area contributed by atoms with Gasteiger partial charge in [0.2, 0.25) is 0 Å². The van der Waals surface area contributed by atoms with E-state index in [4.69, 9.17) is 0 Å². The molecule has 6 heteroatoms. The first-order valence-electron chi connectivity index (χ1n) is 7.70. The fraction of sp³-hybridized carbons (Fsp3) is 0.733. The zero-order chi connectivity index (χ0) is 14.9. The van der Waals surface area contributed by atoms with Gasteiger partial charge in [-0.05, 0) is 38.5 Å². The number of rotatable bonds is 6. The van der Waals surface area contributed by atoms with E-state index in [1.807, 2.05) is 17.2 Å². The monoisotopic (exact) mass is 309 g/mol. The number of likely N-dealkylation sites (tertiary alicyclic amines) is 1. The smallest absolute Gasteiger partial charge is 0.255 e. The molecule has 1 aliphatic carbocycles. The minimum Gasteiger partial charge on any atom is -0.379 e. The van der Waals surface area contributed by atoms with Crippen LogP contribution in [0.1, 0.15) is 36.4 Å². The number of piperidine rings is 1. The zero-order valence-corrected chi connectivity index (χ0v) is 13.3. The van der Waals surface area contributed by atoms with Gasteiger partial charge in [-0.2, -0.15) is 0 Å². The summed E-state index contributed by atoms with van der Waals surface area (Å²) < 4.78 is 0. The second-order valence-corrected chi connectivity index (χ2v) is 7.26. The molecule has 2 heterocycles. The number of hydrogen-bond donors (Lipinski definition) is 2. The topological polar surface area (TPSA) is 65.5 Å². The van der Waals surface area contributed by atoms with Crippen LogP contribution in [0.15, 0.2) is 5.38 Å². The van der Waals surface area contributed by atoms with Crippen LogP contribution in [0.2, 0.25) is 0 Å². The molecule has 3 rings (SSSR count). The second kappa shape index (κ2) is 6.02. The third-order valence-corrected chi connectivity index (χ3v) is 5.21. The maximum Gasteiger partial charge on any atom is 0.255 e. The van der Waals surface area contributed by atoms with Crippen LogP contribution < -0.4 is 5.32 Å². The summed E-state index contributed by atoms with van der Waals surface area (Å²) in [6, 6.07) is 0. The Morgan fingerprint density at radius 3 is 3.05 bits per heavy atom. The Balaban J connectivity index is 1.53. The van der Waals surface area contributed by atoms with Crippen molar-refractivity contribution in [2.45, 2.75) is 44.8 Å². The summed E-state index contributed by atoms with van der Waals surface area (Å²) in [5.74, 6) is 0.575. The third-order valence-electron chi connectivity index (χ3n) is 4.24. The second-order valence-electron chi connectivity index (χ2n) is 6.32. The molecule has 0 bridgehead atoms. The van der Waals surface area contributed by atoms with Gasteiger partial charge in [0, 0.05) is 37.3 Å². The standard InChI is InChI=1S/C15H23N3O2S/c1-11-9-21-13(17-11)7-16-10-15(20)5-2-6-18(14(15)19)8-12-3-4-12/h9,12,16,20H,2-8,10H2,1H3/t15-/m1/s1. The summed E-state index contributed by atoms with van der Waals surface area (Å²) in [4.78, 5) is 18.7. The molecule has 0 spiro atoms. The van der Waals surface area contributed by atoms with Gasteiger partial charge in [-0.25, -0.2) is 4.98 Å². The molecule has 1 amide bonds. The molecule has 2 aliphatic rings. The fourth-order valence-corrected chi connectivity index (χ4v) is 3.62. The lowest BCUT2D eigenvalue weighted by Gasteiger charge is -2.38. The minimum absolute atomic E-state index is 0.0940. The predicted molar refractivity (Wildman–Crippen MR) is 82.0 cm³/mol. The van der Waals surface area contributed by atoms with Crippen LogP contribution in [0.4, 0.5) is 0 Å². The first kappa shape index (κ1) is 14.9. The van der Waals surface area contributed by atoms with Crippen molar-refractivity contribution < 1.29 is 9.90 Å². The van der Waals surface area contributed by atoms with Gasteiger partial charge in [-0.1, -0.05) is 0 Å². The van der Waals surface area contributed by atoms with Crippen molar-refractivity contribution in [3.05, 3.63) is 16.1 Å². The number of hydrogen-bond acceptors (Lipinski definition) is 5. The number of aliphatic hydroxyl groups is 1. The molecule has 21 heavy (non-hydrogen) atoms. The Kier molecular flexibility index (Phi) is 4.28. The van der Waals surface area contributed by atoms with Crippen LogP contribution in [-0.4, -0.2) is 46.1 Å². The van der Waals surface area contributed by atoms with E-state index in [1.54, 1.807) is 11.3 Å². The highest BCUT2D eigenvalue weighted by Gasteiger charge is 2.43. The van der Waals surface area contributed by atoms with E-state index in [2.05, 4.69) is 10.3 Å². The number of nitrogens with one attached hydrogen (secondary N) is 1. The van der Waals surface area contributed by atoms with E-state index in [-0.39, 0.29) is 5.91 Å². The van der Waals surface area contributed by atoms with Crippen molar-refractivity contribution >= 4 is 17.2 Å². The van der Waals surface area contributed by atoms with Gasteiger partial charge in [0.1, 0.15) is 5.01 Å². The van der Waals surface area contributed by atoms with E-state index in [9.17, 15) is 9.90 Å². The Morgan fingerprint density at radius 1 is 1.57 bits per heavy atom. The van der Waals surface area contributed by atoms with Crippen LogP contribution in [0.5, 0.6) is 0 Å². The Morgan fingerprint density at radius 2 is 2.38 bits per heavy atom. The molecule has 2 N–H and O–H groups in total. The number of thiazole rings is 1. The Labute approximate surface area is 129 Å². The van der Waals surface area contributed by atoms with E-state index in [0.717, 1.165) is 30.2 Å². The van der Waals surface area contributed by atoms with Crippen molar-refractivity contribution in [2.24, 2.45) is 5.92 Å². The van der Waals surface area contributed by atoms with Gasteiger partial charge in [-0.15, -0.1) is 11.3 Å². The summed E-state index contributed by atoms with van der Waals surface area (Å²) in [5, 5.41) is 16.9. The minimum atomic E-state index is -1.24. The Bertz CT molecular complexity index is 515. The predicted octanol–water partition coefficient (Wildman–Crippen LogP) is 1.30. The number of amides is 1. The van der Waals surface area contributed by atoms with Crippen molar-refractivity contribution in [1.82, 2.24) is 15.2 Å². The lowest BCUT2D eigenvalue weighted by molar-refractivity contribution is -0.156. The number of nitrogens with zero attached hydrogens (tertiary/aromatic N) is 2. The molecule has 1 saturated carbocycles. The number of carbonyl (C=O) groups is 1. The van der Waals surface area contributed by atoms with Gasteiger partial charge in [0.15, 0.2) is 5.60 Å². The van der Waals surface area contributed by atoms with Crippen molar-refractivity contribution in [2.75, 3.05) is 19.6 Å². The number of aryl methyl sites for hydroxylation is 1. The molecule has 116 valence electrons. The molecule has 2 fully saturated rings. The summed E-state index contributed by atoms with van der Waals surface area (Å²) in [7, 11) is 0. The van der Waals surface area contributed by atoms with Gasteiger partial charge in [0.25, 0.3) is 5.91 Å². The van der Waals surface area contributed by atoms with E-state index in [0.29, 0.717) is 25.4 Å². The molecular formula is C15H23N3O2S. The number of aromatic nitrogens is 1. The largest absolute Gasteiger partial charge is 0.379 e. The highest BCUT2D eigenvalue weighted by atomic mass is 32.1. The average molecular weight is 309 g/mol. The normalized spacial score (nSPS) is 26.4. The Hall–Kier alpha value is -0.980. The molecular weight excluding hydrogens is 286 g/mol. The van der Waals surface area contributed by atoms with E-state index < -0.39 is 5.60 Å². The maximum absolute atomic E-state index is 12.5. The van der Waals surface area contributed by atoms with Gasteiger partial charge in [-0.3, -0.25) is 4.79 Å². The summed E-state index contributed by atoms with van der Waals surface area (Å²) in [6.07, 6.45) is 3.89. The molecule has 1 aromatic rings. The van der Waals surface area contributed by atoms with Crippen molar-refractivity contribution in [1.29, 1.82) is 0 Å². The molecule has 1 aromatic heterocycles. The molecule has 1 aliphatic heterocycles. The molecule has 1 atom stereocenters. The van der Waals surface area contributed by atoms with E-state index in [1.165, 1.54) is 12.8 Å². The summed E-state index contributed by atoms with van der Waals surface area (Å²) >= 11 is 1.60. The van der Waals surface area contributed by atoms with Crippen molar-refractivity contribution in [3.8, 4) is 0 Å². The van der Waals surface area contributed by atoms with Gasteiger partial charge in [0.05, 0.1) is 0 Å². The highest BCUT2D eigenvalue weighted by molar-refractivity contribution is 7.09. The van der Waals surface area contributed by atoms with Gasteiger partial charge < -0.3 is 15.3 Å². The molecule has 0 radical (unpaired) electrons. The first-order chi connectivity index (χ1) is 10.1. The quantitative estimate of drug-likeness (QED) is 0.831. The van der Waals surface area contributed by atoms with Crippen LogP contribution in [0.25, 0.3) is 0 Å². The molecule has 0 aromatic carbocycles. The maximum atomic E-state index is 12.5. The summed E-state index contributed by atoms with van der Waals surface area (Å²) in [6.45, 7) is 4.51. The fourth-order valence-electron chi connectivity index (χ4n) is 2.88. The van der Waals surface area contributed by atoms with Crippen LogP contribution in [0, 0.1) is 12.8 Å². The van der Waals surface area contributed by atoms with Crippen molar-refractivity contribution in [3.63, 3.8) is 0 Å².